The summed E-state index contributed by atoms with van der Waals surface area (Å²) in [5.74, 6) is 1.09. The second-order valence-corrected chi connectivity index (χ2v) is 8.26. The number of quaternary nitrogens is 2. The summed E-state index contributed by atoms with van der Waals surface area (Å²) in [7, 11) is 0. The minimum absolute atomic E-state index is 0.00546. The smallest absolute Gasteiger partial charge is 0.278 e. The number of furan rings is 1. The van der Waals surface area contributed by atoms with Crippen molar-refractivity contribution in [1.82, 2.24) is 4.90 Å². The van der Waals surface area contributed by atoms with Crippen molar-refractivity contribution in [3.63, 3.8) is 0 Å². The molecule has 0 radical (unpaired) electrons. The third kappa shape index (κ3) is 4.70. The average Bonchev–Trinajstić information content (AvgIpc) is 3.44. The Balaban J connectivity index is 1.31. The number of nitrogens with one attached hydrogen (secondary N) is 1. The van der Waals surface area contributed by atoms with E-state index in [2.05, 4.69) is 35.0 Å². The van der Waals surface area contributed by atoms with Gasteiger partial charge < -0.3 is 19.5 Å². The lowest BCUT2D eigenvalue weighted by molar-refractivity contribution is -0.917. The zero-order valence-corrected chi connectivity index (χ0v) is 16.7. The van der Waals surface area contributed by atoms with Gasteiger partial charge in [0.1, 0.15) is 6.54 Å². The quantitative estimate of drug-likeness (QED) is 0.623. The van der Waals surface area contributed by atoms with E-state index in [0.29, 0.717) is 6.54 Å². The lowest BCUT2D eigenvalue weighted by atomic mass is 10.0. The van der Waals surface area contributed by atoms with Crippen LogP contribution in [-0.2, 0) is 11.3 Å². The van der Waals surface area contributed by atoms with Crippen LogP contribution in [0.1, 0.15) is 22.2 Å². The highest BCUT2D eigenvalue weighted by Crippen LogP contribution is 2.18. The summed E-state index contributed by atoms with van der Waals surface area (Å²) in [4.78, 5) is 17.8. The summed E-state index contributed by atoms with van der Waals surface area (Å²) in [6.45, 7) is 5.21. The molecule has 146 valence electrons. The number of carbonyl (C=O) groups excluding carboxylic acids is 1. The predicted octanol–water partition coefficient (Wildman–Crippen LogP) is 0.921. The lowest BCUT2D eigenvalue weighted by Gasteiger charge is -2.31. The van der Waals surface area contributed by atoms with E-state index >= 15 is 0 Å². The number of hydrogen-bond donors (Lipinski definition) is 2. The molecule has 1 amide bonds. The van der Waals surface area contributed by atoms with Gasteiger partial charge in [0.2, 0.25) is 0 Å². The van der Waals surface area contributed by atoms with Gasteiger partial charge >= 0.3 is 0 Å². The van der Waals surface area contributed by atoms with Gasteiger partial charge in [-0.25, -0.2) is 0 Å². The maximum Gasteiger partial charge on any atom is 0.278 e. The molecule has 0 spiro atoms. The second kappa shape index (κ2) is 9.19. The van der Waals surface area contributed by atoms with Gasteiger partial charge in [0.05, 0.1) is 37.3 Å². The molecule has 1 atom stereocenters. The van der Waals surface area contributed by atoms with Crippen molar-refractivity contribution in [2.75, 3.05) is 32.7 Å². The van der Waals surface area contributed by atoms with Crippen molar-refractivity contribution in [3.05, 3.63) is 82.4 Å². The molecule has 4 rings (SSSR count). The van der Waals surface area contributed by atoms with Crippen LogP contribution in [0.15, 0.2) is 70.7 Å². The van der Waals surface area contributed by atoms with Crippen LogP contribution in [0, 0.1) is 0 Å². The Hall–Kier alpha value is -2.41. The van der Waals surface area contributed by atoms with E-state index in [-0.39, 0.29) is 11.9 Å². The van der Waals surface area contributed by atoms with Gasteiger partial charge in [0.15, 0.2) is 18.3 Å². The normalized spacial score (nSPS) is 16.2. The Morgan fingerprint density at radius 3 is 2.61 bits per heavy atom. The van der Waals surface area contributed by atoms with E-state index < -0.39 is 0 Å². The maximum absolute atomic E-state index is 12.8. The van der Waals surface area contributed by atoms with Crippen molar-refractivity contribution in [2.24, 2.45) is 0 Å². The number of hydrogen-bond acceptors (Lipinski definition) is 3. The Morgan fingerprint density at radius 1 is 1.11 bits per heavy atom. The highest BCUT2D eigenvalue weighted by atomic mass is 32.1. The Labute approximate surface area is 169 Å². The number of amides is 1. The molecule has 0 bridgehead atoms. The van der Waals surface area contributed by atoms with E-state index in [1.54, 1.807) is 11.2 Å². The zero-order valence-electron chi connectivity index (χ0n) is 15.9. The highest BCUT2D eigenvalue weighted by molar-refractivity contribution is 7.09. The highest BCUT2D eigenvalue weighted by Gasteiger charge is 2.27. The molecule has 3 aromatic rings. The summed E-state index contributed by atoms with van der Waals surface area (Å²) < 4.78 is 5.63. The number of carbonyl (C=O) groups is 1. The van der Waals surface area contributed by atoms with Crippen molar-refractivity contribution in [1.29, 1.82) is 0 Å². The molecular weight excluding hydrogens is 370 g/mol. The van der Waals surface area contributed by atoms with Crippen molar-refractivity contribution in [2.45, 2.75) is 12.6 Å². The molecule has 1 aliphatic rings. The summed E-state index contributed by atoms with van der Waals surface area (Å²) >= 11 is 1.82. The third-order valence-corrected chi connectivity index (χ3v) is 6.24. The van der Waals surface area contributed by atoms with Crippen LogP contribution < -0.4 is 10.2 Å². The standard InChI is InChI=1S/C22H25N3O2S/c26-21(25-12-10-24(11-13-25)17-19-8-5-15-28-19)16-23-22(20-9-4-14-27-20)18-6-2-1-3-7-18/h1-9,14-15,22-23H,10-13,16-17H2/p+2/t22-/m1/s1. The first-order chi connectivity index (χ1) is 13.8. The van der Waals surface area contributed by atoms with Crippen LogP contribution in [0.25, 0.3) is 0 Å². The fourth-order valence-electron chi connectivity index (χ4n) is 3.80. The number of benzene rings is 1. The molecule has 0 unspecified atom stereocenters. The summed E-state index contributed by atoms with van der Waals surface area (Å²) in [5, 5.41) is 4.22. The topological polar surface area (TPSA) is 54.5 Å². The van der Waals surface area contributed by atoms with Crippen LogP contribution in [0.3, 0.4) is 0 Å². The van der Waals surface area contributed by atoms with Gasteiger partial charge in [-0.05, 0) is 23.6 Å². The van der Waals surface area contributed by atoms with Crippen LogP contribution in [0.5, 0.6) is 0 Å². The molecule has 3 N–H and O–H groups in total. The molecule has 2 aromatic heterocycles. The summed E-state index contributed by atoms with van der Waals surface area (Å²) in [5.41, 5.74) is 1.15. The molecule has 1 saturated heterocycles. The minimum Gasteiger partial charge on any atom is -0.463 e. The van der Waals surface area contributed by atoms with Gasteiger partial charge in [0.25, 0.3) is 5.91 Å². The van der Waals surface area contributed by atoms with Gasteiger partial charge in [0, 0.05) is 5.56 Å². The molecule has 0 aliphatic carbocycles. The Bertz CT molecular complexity index is 841. The van der Waals surface area contributed by atoms with Gasteiger partial charge in [-0.2, -0.15) is 0 Å². The molecule has 6 heteroatoms. The number of nitrogens with zero attached hydrogens (tertiary/aromatic N) is 1. The predicted molar refractivity (Wildman–Crippen MR) is 109 cm³/mol. The summed E-state index contributed by atoms with van der Waals surface area (Å²) in [6, 6.07) is 18.4. The number of nitrogens with two attached hydrogens (primary N) is 1. The fourth-order valence-corrected chi connectivity index (χ4v) is 4.58. The molecular formula is C22H27N3O2S+2. The molecule has 5 nitrogen and oxygen atoms in total. The van der Waals surface area contributed by atoms with Crippen molar-refractivity contribution >= 4 is 17.2 Å². The van der Waals surface area contributed by atoms with E-state index in [4.69, 9.17) is 4.42 Å². The Kier molecular flexibility index (Phi) is 6.21. The van der Waals surface area contributed by atoms with E-state index in [1.165, 1.54) is 4.88 Å². The third-order valence-electron chi connectivity index (χ3n) is 5.36. The molecule has 1 aromatic carbocycles. The van der Waals surface area contributed by atoms with E-state index in [9.17, 15) is 4.79 Å². The van der Waals surface area contributed by atoms with Crippen LogP contribution in [-0.4, -0.2) is 43.5 Å². The molecule has 0 saturated carbocycles. The molecule has 1 fully saturated rings. The van der Waals surface area contributed by atoms with Crippen LogP contribution in [0.2, 0.25) is 0 Å². The maximum atomic E-state index is 12.8. The monoisotopic (exact) mass is 397 g/mol. The Morgan fingerprint density at radius 2 is 1.93 bits per heavy atom. The van der Waals surface area contributed by atoms with Gasteiger partial charge in [-0.1, -0.05) is 36.4 Å². The van der Waals surface area contributed by atoms with Gasteiger partial charge in [-0.15, -0.1) is 11.3 Å². The first kappa shape index (κ1) is 18.9. The zero-order chi connectivity index (χ0) is 19.2. The summed E-state index contributed by atoms with van der Waals surface area (Å²) in [6.07, 6.45) is 1.69. The molecule has 1 aliphatic heterocycles. The molecule has 3 heterocycles. The van der Waals surface area contributed by atoms with E-state index in [0.717, 1.165) is 44.0 Å². The SMILES string of the molecule is O=C(C[NH2+][C@H](c1ccccc1)c1ccco1)N1CC[NH+](Cc2cccs2)CC1. The minimum atomic E-state index is 0.00546. The second-order valence-electron chi connectivity index (χ2n) is 7.23. The first-order valence-electron chi connectivity index (χ1n) is 9.85. The largest absolute Gasteiger partial charge is 0.463 e. The lowest BCUT2D eigenvalue weighted by Crippen LogP contribution is -3.13. The first-order valence-corrected chi connectivity index (χ1v) is 10.7. The van der Waals surface area contributed by atoms with E-state index in [1.807, 2.05) is 46.6 Å². The van der Waals surface area contributed by atoms with Crippen LogP contribution in [0.4, 0.5) is 0 Å². The van der Waals surface area contributed by atoms with Crippen LogP contribution >= 0.6 is 11.3 Å². The van der Waals surface area contributed by atoms with Crippen molar-refractivity contribution < 1.29 is 19.4 Å². The fraction of sp³-hybridized carbons (Fsp3) is 0.318. The number of piperazine rings is 1. The average molecular weight is 398 g/mol. The van der Waals surface area contributed by atoms with Crippen molar-refractivity contribution in [3.8, 4) is 0 Å². The molecule has 28 heavy (non-hydrogen) atoms. The number of rotatable bonds is 7. The van der Waals surface area contributed by atoms with Gasteiger partial charge in [-0.3, -0.25) is 4.79 Å². The number of thiophene rings is 1.